The molecule has 0 aliphatic rings. The number of carbonyl (C=O) groups is 1. The van der Waals surface area contributed by atoms with Crippen LogP contribution in [-0.4, -0.2) is 21.6 Å². The first kappa shape index (κ1) is 17.4. The maximum atomic E-state index is 11.9. The Morgan fingerprint density at radius 3 is 2.91 bits per heavy atom. The topological polar surface area (TPSA) is 78.7 Å². The normalized spacial score (nSPS) is 10.3. The van der Waals surface area contributed by atoms with E-state index in [9.17, 15) is 4.79 Å². The lowest BCUT2D eigenvalue weighted by molar-refractivity contribution is -0.115. The number of aromatic nitrogens is 2. The van der Waals surface area contributed by atoms with Gasteiger partial charge in [0, 0.05) is 23.2 Å². The van der Waals surface area contributed by atoms with Crippen LogP contribution in [0.25, 0.3) is 0 Å². The van der Waals surface area contributed by atoms with Crippen LogP contribution in [0.5, 0.6) is 0 Å². The zero-order valence-corrected chi connectivity index (χ0v) is 14.8. The minimum Gasteiger partial charge on any atom is -0.302 e. The molecule has 0 radical (unpaired) electrons. The molecule has 5 nitrogen and oxygen atoms in total. The SMILES string of the molecule is CCCc1ccc(C#N)c(SCCC(=O)Nc2nc(C)cs2)n1. The van der Waals surface area contributed by atoms with Crippen LogP contribution >= 0.6 is 23.1 Å². The van der Waals surface area contributed by atoms with Crippen LogP contribution in [0.2, 0.25) is 0 Å². The maximum Gasteiger partial charge on any atom is 0.226 e. The third-order valence-corrected chi connectivity index (χ3v) is 4.85. The van der Waals surface area contributed by atoms with Crippen LogP contribution in [0.3, 0.4) is 0 Å². The molecule has 0 spiro atoms. The van der Waals surface area contributed by atoms with Crippen molar-refractivity contribution in [2.24, 2.45) is 0 Å². The molecular formula is C16H18N4OS2. The number of rotatable bonds is 7. The lowest BCUT2D eigenvalue weighted by Crippen LogP contribution is -2.12. The summed E-state index contributed by atoms with van der Waals surface area (Å²) in [6, 6.07) is 5.85. The van der Waals surface area contributed by atoms with Crippen molar-refractivity contribution in [1.29, 1.82) is 5.26 Å². The minimum atomic E-state index is -0.0740. The maximum absolute atomic E-state index is 11.9. The molecule has 0 aliphatic carbocycles. The molecule has 0 aliphatic heterocycles. The molecule has 0 atom stereocenters. The van der Waals surface area contributed by atoms with Crippen LogP contribution in [-0.2, 0) is 11.2 Å². The fourth-order valence-corrected chi connectivity index (χ4v) is 3.54. The van der Waals surface area contributed by atoms with E-state index in [2.05, 4.69) is 28.3 Å². The van der Waals surface area contributed by atoms with Gasteiger partial charge < -0.3 is 5.32 Å². The number of hydrogen-bond acceptors (Lipinski definition) is 6. The van der Waals surface area contributed by atoms with Gasteiger partial charge in [0.1, 0.15) is 11.1 Å². The molecule has 0 bridgehead atoms. The molecule has 0 unspecified atom stereocenters. The monoisotopic (exact) mass is 346 g/mol. The molecule has 7 heteroatoms. The largest absolute Gasteiger partial charge is 0.302 e. The Bertz CT molecular complexity index is 721. The van der Waals surface area contributed by atoms with Gasteiger partial charge in [-0.3, -0.25) is 4.79 Å². The van der Waals surface area contributed by atoms with E-state index in [1.165, 1.54) is 23.1 Å². The standard InChI is InChI=1S/C16H18N4OS2/c1-3-4-13-6-5-12(9-17)15(19-13)22-8-7-14(21)20-16-18-11(2)10-23-16/h5-6,10H,3-4,7-8H2,1-2H3,(H,18,20,21). The summed E-state index contributed by atoms with van der Waals surface area (Å²) < 4.78 is 0. The van der Waals surface area contributed by atoms with Crippen LogP contribution in [0.1, 0.15) is 36.7 Å². The fraction of sp³-hybridized carbons (Fsp3) is 0.375. The molecule has 1 N–H and O–H groups in total. The number of amides is 1. The van der Waals surface area contributed by atoms with Crippen molar-refractivity contribution in [3.8, 4) is 6.07 Å². The number of aryl methyl sites for hydroxylation is 2. The molecule has 2 heterocycles. The van der Waals surface area contributed by atoms with Crippen LogP contribution in [0, 0.1) is 18.3 Å². The van der Waals surface area contributed by atoms with Gasteiger partial charge in [0.15, 0.2) is 5.13 Å². The van der Waals surface area contributed by atoms with Gasteiger partial charge in [-0.15, -0.1) is 23.1 Å². The highest BCUT2D eigenvalue weighted by atomic mass is 32.2. The van der Waals surface area contributed by atoms with Crippen molar-refractivity contribution in [2.45, 2.75) is 38.1 Å². The van der Waals surface area contributed by atoms with Gasteiger partial charge in [-0.2, -0.15) is 5.26 Å². The first-order chi connectivity index (χ1) is 11.1. The quantitative estimate of drug-likeness (QED) is 0.772. The summed E-state index contributed by atoms with van der Waals surface area (Å²) >= 11 is 2.86. The van der Waals surface area contributed by atoms with Crippen molar-refractivity contribution in [1.82, 2.24) is 9.97 Å². The van der Waals surface area contributed by atoms with Crippen LogP contribution < -0.4 is 5.32 Å². The van der Waals surface area contributed by atoms with E-state index in [0.717, 1.165) is 24.2 Å². The van der Waals surface area contributed by atoms with Crippen molar-refractivity contribution in [3.05, 3.63) is 34.5 Å². The fourth-order valence-electron chi connectivity index (χ4n) is 1.90. The molecular weight excluding hydrogens is 328 g/mol. The van der Waals surface area contributed by atoms with Gasteiger partial charge in [-0.25, -0.2) is 9.97 Å². The Morgan fingerprint density at radius 1 is 1.43 bits per heavy atom. The number of thiazole rings is 1. The second-order valence-electron chi connectivity index (χ2n) is 4.96. The van der Waals surface area contributed by atoms with E-state index < -0.39 is 0 Å². The second kappa shape index (κ2) is 8.65. The highest BCUT2D eigenvalue weighted by Crippen LogP contribution is 2.22. The average Bonchev–Trinajstić information content (AvgIpc) is 2.93. The van der Waals surface area contributed by atoms with E-state index in [1.54, 1.807) is 6.07 Å². The average molecular weight is 346 g/mol. The van der Waals surface area contributed by atoms with E-state index in [0.29, 0.717) is 27.9 Å². The number of thioether (sulfide) groups is 1. The van der Waals surface area contributed by atoms with Gasteiger partial charge >= 0.3 is 0 Å². The molecule has 0 saturated heterocycles. The van der Waals surface area contributed by atoms with Crippen LogP contribution in [0.4, 0.5) is 5.13 Å². The van der Waals surface area contributed by atoms with Crippen LogP contribution in [0.15, 0.2) is 22.5 Å². The van der Waals surface area contributed by atoms with E-state index in [4.69, 9.17) is 5.26 Å². The first-order valence-electron chi connectivity index (χ1n) is 7.37. The Balaban J connectivity index is 1.89. The Kier molecular flexibility index (Phi) is 6.56. The number of anilines is 1. The zero-order chi connectivity index (χ0) is 16.7. The van der Waals surface area contributed by atoms with Crippen molar-refractivity contribution >= 4 is 34.1 Å². The molecule has 2 aromatic rings. The second-order valence-corrected chi connectivity index (χ2v) is 6.90. The summed E-state index contributed by atoms with van der Waals surface area (Å²) in [7, 11) is 0. The summed E-state index contributed by atoms with van der Waals surface area (Å²) in [6.07, 6.45) is 2.26. The third-order valence-electron chi connectivity index (χ3n) is 2.98. The Hall–Kier alpha value is -1.91. The molecule has 0 saturated carbocycles. The van der Waals surface area contributed by atoms with Gasteiger partial charge in [0.25, 0.3) is 0 Å². The smallest absolute Gasteiger partial charge is 0.226 e. The number of nitrogens with one attached hydrogen (secondary N) is 1. The summed E-state index contributed by atoms with van der Waals surface area (Å²) in [6.45, 7) is 3.98. The van der Waals surface area contributed by atoms with E-state index in [1.807, 2.05) is 18.4 Å². The highest BCUT2D eigenvalue weighted by Gasteiger charge is 2.09. The number of carbonyl (C=O) groups excluding carboxylic acids is 1. The summed E-state index contributed by atoms with van der Waals surface area (Å²) in [5.74, 6) is 0.503. The number of nitriles is 1. The Labute approximate surface area is 144 Å². The highest BCUT2D eigenvalue weighted by molar-refractivity contribution is 7.99. The zero-order valence-electron chi connectivity index (χ0n) is 13.1. The van der Waals surface area contributed by atoms with Gasteiger partial charge in [0.2, 0.25) is 5.91 Å². The molecule has 120 valence electrons. The summed E-state index contributed by atoms with van der Waals surface area (Å²) in [5.41, 5.74) is 2.44. The molecule has 0 fully saturated rings. The van der Waals surface area contributed by atoms with Gasteiger partial charge in [-0.05, 0) is 25.5 Å². The van der Waals surface area contributed by atoms with Crippen molar-refractivity contribution < 1.29 is 4.79 Å². The predicted octanol–water partition coefficient (Wildman–Crippen LogP) is 3.79. The van der Waals surface area contributed by atoms with E-state index in [-0.39, 0.29) is 5.91 Å². The molecule has 1 amide bonds. The lowest BCUT2D eigenvalue weighted by atomic mass is 10.2. The van der Waals surface area contributed by atoms with Gasteiger partial charge in [-0.1, -0.05) is 13.3 Å². The lowest BCUT2D eigenvalue weighted by Gasteiger charge is -2.06. The number of hydrogen-bond donors (Lipinski definition) is 1. The molecule has 0 aromatic carbocycles. The number of nitrogens with zero attached hydrogens (tertiary/aromatic N) is 3. The third kappa shape index (κ3) is 5.34. The minimum absolute atomic E-state index is 0.0740. The van der Waals surface area contributed by atoms with Crippen molar-refractivity contribution in [2.75, 3.05) is 11.1 Å². The Morgan fingerprint density at radius 2 is 2.26 bits per heavy atom. The first-order valence-corrected chi connectivity index (χ1v) is 9.23. The molecule has 2 aromatic heterocycles. The van der Waals surface area contributed by atoms with E-state index >= 15 is 0 Å². The predicted molar refractivity (Wildman–Crippen MR) is 93.8 cm³/mol. The molecule has 23 heavy (non-hydrogen) atoms. The number of pyridine rings is 1. The summed E-state index contributed by atoms with van der Waals surface area (Å²) in [5, 5.41) is 15.2. The van der Waals surface area contributed by atoms with Crippen molar-refractivity contribution in [3.63, 3.8) is 0 Å². The summed E-state index contributed by atoms with van der Waals surface area (Å²) in [4.78, 5) is 20.6. The molecule has 2 rings (SSSR count). The van der Waals surface area contributed by atoms with Gasteiger partial charge in [0.05, 0.1) is 11.3 Å².